The van der Waals surface area contributed by atoms with Crippen LogP contribution in [0.2, 0.25) is 0 Å². The van der Waals surface area contributed by atoms with E-state index in [1.807, 2.05) is 0 Å². The Hall–Kier alpha value is -1.14. The van der Waals surface area contributed by atoms with Gasteiger partial charge in [-0.25, -0.2) is 0 Å². The summed E-state index contributed by atoms with van der Waals surface area (Å²) in [5.41, 5.74) is -0.798. The smallest absolute Gasteiger partial charge is 0.311 e. The monoisotopic (exact) mass is 269 g/mol. The molecule has 3 saturated heterocycles. The van der Waals surface area contributed by atoms with Gasteiger partial charge in [0, 0.05) is 32.2 Å². The van der Waals surface area contributed by atoms with Crippen molar-refractivity contribution in [2.45, 2.75) is 12.8 Å². The molecule has 0 aromatic heterocycles. The van der Waals surface area contributed by atoms with E-state index in [2.05, 4.69) is 0 Å². The molecule has 3 atom stereocenters. The summed E-state index contributed by atoms with van der Waals surface area (Å²) in [6.07, 6.45) is 1.24. The molecule has 3 aliphatic rings. The zero-order valence-corrected chi connectivity index (χ0v) is 10.8. The van der Waals surface area contributed by atoms with Crippen LogP contribution in [-0.2, 0) is 19.1 Å². The average molecular weight is 269 g/mol. The van der Waals surface area contributed by atoms with Crippen LogP contribution in [0.15, 0.2) is 0 Å². The Kier molecular flexibility index (Phi) is 3.22. The maximum Gasteiger partial charge on any atom is 0.311 e. The molecule has 6 nitrogen and oxygen atoms in total. The van der Waals surface area contributed by atoms with Crippen LogP contribution in [0.4, 0.5) is 0 Å². The molecule has 0 spiro atoms. The third kappa shape index (κ3) is 2.03. The van der Waals surface area contributed by atoms with Gasteiger partial charge in [-0.3, -0.25) is 9.59 Å². The number of carbonyl (C=O) groups is 2. The summed E-state index contributed by atoms with van der Waals surface area (Å²) in [6, 6.07) is 0. The molecule has 1 unspecified atom stereocenters. The standard InChI is InChI=1S/C13H19NO5/c15-11(9-1-3-18-6-9)14-5-10-7-19-4-2-13(10,8-14)12(16)17/h9-10H,1-8H2,(H,16,17)/t9?,10-,13+/m0/s1. The van der Waals surface area contributed by atoms with Crippen molar-refractivity contribution in [1.82, 2.24) is 4.90 Å². The fourth-order valence-corrected chi connectivity index (χ4v) is 3.45. The van der Waals surface area contributed by atoms with Gasteiger partial charge in [0.15, 0.2) is 0 Å². The molecule has 0 bridgehead atoms. The van der Waals surface area contributed by atoms with E-state index < -0.39 is 11.4 Å². The summed E-state index contributed by atoms with van der Waals surface area (Å²) >= 11 is 0. The zero-order chi connectivity index (χ0) is 13.5. The SMILES string of the molecule is O=C(C1CCOC1)N1C[C@H]2COCC[C@@]2(C(=O)O)C1. The highest BCUT2D eigenvalue weighted by Crippen LogP contribution is 2.43. The fourth-order valence-electron chi connectivity index (χ4n) is 3.45. The number of hydrogen-bond acceptors (Lipinski definition) is 4. The summed E-state index contributed by atoms with van der Waals surface area (Å²) in [6.45, 7) is 2.83. The topological polar surface area (TPSA) is 76.1 Å². The first kappa shape index (κ1) is 12.9. The van der Waals surface area contributed by atoms with Crippen LogP contribution >= 0.6 is 0 Å². The van der Waals surface area contributed by atoms with Crippen LogP contribution in [0.5, 0.6) is 0 Å². The molecule has 0 radical (unpaired) electrons. The first-order valence-corrected chi connectivity index (χ1v) is 6.81. The summed E-state index contributed by atoms with van der Waals surface area (Å²) in [5.74, 6) is -0.914. The van der Waals surface area contributed by atoms with Crippen LogP contribution in [-0.4, -0.2) is 61.4 Å². The van der Waals surface area contributed by atoms with E-state index in [9.17, 15) is 14.7 Å². The molecule has 19 heavy (non-hydrogen) atoms. The van der Waals surface area contributed by atoms with Gasteiger partial charge in [-0.15, -0.1) is 0 Å². The highest BCUT2D eigenvalue weighted by atomic mass is 16.5. The molecule has 3 rings (SSSR count). The molecule has 1 N–H and O–H groups in total. The zero-order valence-electron chi connectivity index (χ0n) is 10.8. The van der Waals surface area contributed by atoms with Crippen molar-refractivity contribution in [2.75, 3.05) is 39.5 Å². The molecular weight excluding hydrogens is 250 g/mol. The van der Waals surface area contributed by atoms with E-state index in [4.69, 9.17) is 9.47 Å². The molecule has 1 amide bonds. The third-order valence-corrected chi connectivity index (χ3v) is 4.72. The van der Waals surface area contributed by atoms with Crippen molar-refractivity contribution in [1.29, 1.82) is 0 Å². The lowest BCUT2D eigenvalue weighted by molar-refractivity contribution is -0.157. The number of hydrogen-bond donors (Lipinski definition) is 1. The number of amides is 1. The molecular formula is C13H19NO5. The van der Waals surface area contributed by atoms with Crippen molar-refractivity contribution in [3.8, 4) is 0 Å². The van der Waals surface area contributed by atoms with Crippen molar-refractivity contribution in [3.63, 3.8) is 0 Å². The summed E-state index contributed by atoms with van der Waals surface area (Å²) in [4.78, 5) is 25.7. The van der Waals surface area contributed by atoms with Crippen LogP contribution in [0.3, 0.4) is 0 Å². The number of aliphatic carboxylic acids is 1. The second-order valence-corrected chi connectivity index (χ2v) is 5.76. The van der Waals surface area contributed by atoms with E-state index in [-0.39, 0.29) is 17.7 Å². The van der Waals surface area contributed by atoms with Crippen LogP contribution in [0, 0.1) is 17.3 Å². The van der Waals surface area contributed by atoms with Crippen LogP contribution in [0.1, 0.15) is 12.8 Å². The fraction of sp³-hybridized carbons (Fsp3) is 0.846. The Morgan fingerprint density at radius 1 is 1.21 bits per heavy atom. The average Bonchev–Trinajstić information content (AvgIpc) is 3.05. The predicted molar refractivity (Wildman–Crippen MR) is 64.5 cm³/mol. The number of fused-ring (bicyclic) bond motifs is 1. The maximum atomic E-state index is 12.4. The molecule has 3 heterocycles. The summed E-state index contributed by atoms with van der Waals surface area (Å²) in [5, 5.41) is 9.55. The minimum absolute atomic E-state index is 0.0486. The Morgan fingerprint density at radius 2 is 2.00 bits per heavy atom. The molecule has 3 fully saturated rings. The number of likely N-dealkylation sites (tertiary alicyclic amines) is 1. The molecule has 106 valence electrons. The molecule has 0 aliphatic carbocycles. The normalized spacial score (nSPS) is 38.2. The van der Waals surface area contributed by atoms with Gasteiger partial charge in [-0.1, -0.05) is 0 Å². The van der Waals surface area contributed by atoms with Crippen molar-refractivity contribution in [3.05, 3.63) is 0 Å². The van der Waals surface area contributed by atoms with Gasteiger partial charge in [0.05, 0.1) is 24.5 Å². The number of nitrogens with zero attached hydrogens (tertiary/aromatic N) is 1. The van der Waals surface area contributed by atoms with Gasteiger partial charge in [-0.2, -0.15) is 0 Å². The maximum absolute atomic E-state index is 12.4. The Labute approximate surface area is 111 Å². The largest absolute Gasteiger partial charge is 0.481 e. The second-order valence-electron chi connectivity index (χ2n) is 5.76. The van der Waals surface area contributed by atoms with Gasteiger partial charge in [0.2, 0.25) is 5.91 Å². The molecule has 0 aromatic carbocycles. The molecule has 0 aromatic rings. The molecule has 6 heteroatoms. The van der Waals surface area contributed by atoms with E-state index in [1.54, 1.807) is 4.90 Å². The van der Waals surface area contributed by atoms with E-state index in [0.717, 1.165) is 6.42 Å². The number of carbonyl (C=O) groups excluding carboxylic acids is 1. The number of ether oxygens (including phenoxy) is 2. The number of rotatable bonds is 2. The lowest BCUT2D eigenvalue weighted by Crippen LogP contribution is -2.45. The van der Waals surface area contributed by atoms with Crippen molar-refractivity contribution in [2.24, 2.45) is 17.3 Å². The molecule has 0 saturated carbocycles. The quantitative estimate of drug-likeness (QED) is 0.762. The minimum atomic E-state index is -0.798. The van der Waals surface area contributed by atoms with E-state index >= 15 is 0 Å². The van der Waals surface area contributed by atoms with E-state index in [1.165, 1.54) is 0 Å². The first-order chi connectivity index (χ1) is 9.13. The number of carboxylic acid groups (broad SMARTS) is 1. The summed E-state index contributed by atoms with van der Waals surface area (Å²) < 4.78 is 10.6. The minimum Gasteiger partial charge on any atom is -0.481 e. The van der Waals surface area contributed by atoms with E-state index in [0.29, 0.717) is 45.9 Å². The number of carboxylic acids is 1. The molecule has 3 aliphatic heterocycles. The van der Waals surface area contributed by atoms with Gasteiger partial charge < -0.3 is 19.5 Å². The van der Waals surface area contributed by atoms with Gasteiger partial charge in [-0.05, 0) is 12.8 Å². The highest BCUT2D eigenvalue weighted by molar-refractivity contribution is 5.83. The van der Waals surface area contributed by atoms with Gasteiger partial charge >= 0.3 is 5.97 Å². The Morgan fingerprint density at radius 3 is 2.63 bits per heavy atom. The van der Waals surface area contributed by atoms with Gasteiger partial charge in [0.1, 0.15) is 0 Å². The Balaban J connectivity index is 1.76. The van der Waals surface area contributed by atoms with Crippen LogP contribution in [0.25, 0.3) is 0 Å². The van der Waals surface area contributed by atoms with Gasteiger partial charge in [0.25, 0.3) is 0 Å². The van der Waals surface area contributed by atoms with Crippen molar-refractivity contribution < 1.29 is 24.2 Å². The lowest BCUT2D eigenvalue weighted by atomic mass is 9.74. The third-order valence-electron chi connectivity index (χ3n) is 4.72. The Bertz CT molecular complexity index is 392. The predicted octanol–water partition coefficient (Wildman–Crippen LogP) is -0.0274. The summed E-state index contributed by atoms with van der Waals surface area (Å²) in [7, 11) is 0. The second kappa shape index (κ2) is 4.76. The first-order valence-electron chi connectivity index (χ1n) is 6.81. The van der Waals surface area contributed by atoms with Crippen LogP contribution < -0.4 is 0 Å². The van der Waals surface area contributed by atoms with Crippen molar-refractivity contribution >= 4 is 11.9 Å². The lowest BCUT2D eigenvalue weighted by Gasteiger charge is -2.33. The highest BCUT2D eigenvalue weighted by Gasteiger charge is 2.55.